The summed E-state index contributed by atoms with van der Waals surface area (Å²) in [4.78, 5) is 24.3. The van der Waals surface area contributed by atoms with Gasteiger partial charge in [-0.25, -0.2) is 25.3 Å². The zero-order chi connectivity index (χ0) is 47.3. The van der Waals surface area contributed by atoms with Crippen molar-refractivity contribution < 1.29 is 54.4 Å². The fourth-order valence-corrected chi connectivity index (χ4v) is 10.0. The van der Waals surface area contributed by atoms with Crippen LogP contribution in [-0.4, -0.2) is 79.5 Å². The average Bonchev–Trinajstić information content (AvgIpc) is 3.32. The Kier molecular flexibility index (Phi) is 12.5. The van der Waals surface area contributed by atoms with Crippen LogP contribution in [0.4, 0.5) is 11.9 Å². The number of para-hydroxylation sites is 2. The highest BCUT2D eigenvalue weighted by Crippen LogP contribution is 2.35. The molecule has 0 saturated heterocycles. The molecule has 2 heterocycles. The summed E-state index contributed by atoms with van der Waals surface area (Å²) in [6.45, 7) is 0. The number of nitrogens with one attached hydrogen (secondary N) is 2. The minimum absolute atomic E-state index is 0.0128. The molecule has 0 fully saturated rings. The van der Waals surface area contributed by atoms with Crippen molar-refractivity contribution in [1.82, 2.24) is 29.9 Å². The van der Waals surface area contributed by atoms with Gasteiger partial charge in [0.15, 0.2) is 0 Å². The van der Waals surface area contributed by atoms with E-state index in [2.05, 4.69) is 40.5 Å². The van der Waals surface area contributed by atoms with Crippen LogP contribution in [0.15, 0.2) is 175 Å². The van der Waals surface area contributed by atoms with Gasteiger partial charge in [-0.2, -0.15) is 19.9 Å². The maximum atomic E-state index is 13.7. The van der Waals surface area contributed by atoms with Crippen molar-refractivity contribution in [3.8, 4) is 58.5 Å². The van der Waals surface area contributed by atoms with Crippen molar-refractivity contribution in [2.45, 2.75) is 29.4 Å². The van der Waals surface area contributed by atoms with E-state index < -0.39 is 29.5 Å². The molecule has 0 radical (unpaired) electrons. The lowest BCUT2D eigenvalue weighted by atomic mass is 10.3. The lowest BCUT2D eigenvalue weighted by Gasteiger charge is -2.12. The molecule has 23 heteroatoms. The van der Waals surface area contributed by atoms with Crippen LogP contribution in [0.25, 0.3) is 0 Å². The van der Waals surface area contributed by atoms with Crippen LogP contribution in [0.5, 0.6) is 58.5 Å². The second-order valence-electron chi connectivity index (χ2n) is 13.7. The van der Waals surface area contributed by atoms with Gasteiger partial charge in [0.2, 0.25) is 41.4 Å². The number of phenols is 2. The predicted octanol–water partition coefficient (Wildman–Crippen LogP) is 7.22. The summed E-state index contributed by atoms with van der Waals surface area (Å²) >= 11 is 0. The van der Waals surface area contributed by atoms with E-state index in [0.29, 0.717) is 0 Å². The SMILES string of the molecule is CNc1nc(Oc2ccc(S(=O)(=O)c3ccc(Oc4nc(NC)nc(Oc5ccccc5S(=O)(=O)c5ccc(O)cc5)n4)cc3)cc2)nc(Oc2ccccc2S(=O)(=O)c2ccc(O)cc2)n1. The maximum Gasteiger partial charge on any atom is 0.330 e. The van der Waals surface area contributed by atoms with Crippen LogP contribution in [-0.2, 0) is 29.5 Å². The summed E-state index contributed by atoms with van der Waals surface area (Å²) in [7, 11) is -9.21. The third kappa shape index (κ3) is 9.97. The van der Waals surface area contributed by atoms with Gasteiger partial charge in [-0.1, -0.05) is 24.3 Å². The zero-order valence-corrected chi connectivity index (χ0v) is 37.2. The van der Waals surface area contributed by atoms with Crippen LogP contribution in [0.3, 0.4) is 0 Å². The number of hydrogen-bond acceptors (Lipinski definition) is 20. The van der Waals surface area contributed by atoms with Gasteiger partial charge < -0.3 is 39.8 Å². The van der Waals surface area contributed by atoms with Crippen molar-refractivity contribution in [2.24, 2.45) is 0 Å². The molecule has 0 amide bonds. The number of ether oxygens (including phenoxy) is 4. The number of aromatic hydroxyl groups is 2. The van der Waals surface area contributed by atoms with Gasteiger partial charge in [0, 0.05) is 14.1 Å². The summed E-state index contributed by atoms with van der Waals surface area (Å²) < 4.78 is 105. The smallest absolute Gasteiger partial charge is 0.330 e. The summed E-state index contributed by atoms with van der Waals surface area (Å²) in [6.07, 6.45) is 0. The van der Waals surface area contributed by atoms with E-state index in [-0.39, 0.29) is 99.8 Å². The van der Waals surface area contributed by atoms with Crippen LogP contribution < -0.4 is 29.6 Å². The van der Waals surface area contributed by atoms with E-state index in [4.69, 9.17) is 18.9 Å². The van der Waals surface area contributed by atoms with Crippen LogP contribution in [0, 0.1) is 0 Å². The first-order valence-corrected chi connectivity index (χ1v) is 23.9. The highest BCUT2D eigenvalue weighted by molar-refractivity contribution is 7.92. The Labute approximate surface area is 382 Å². The Morgan fingerprint density at radius 2 is 0.672 bits per heavy atom. The highest BCUT2D eigenvalue weighted by Gasteiger charge is 2.26. The Morgan fingerprint density at radius 1 is 0.373 bits per heavy atom. The molecule has 0 aliphatic heterocycles. The maximum absolute atomic E-state index is 13.7. The number of aromatic nitrogens is 6. The number of hydrogen-bond donors (Lipinski definition) is 4. The summed E-state index contributed by atoms with van der Waals surface area (Å²) in [5.74, 6) is -0.0956. The normalized spacial score (nSPS) is 11.6. The van der Waals surface area contributed by atoms with Gasteiger partial charge in [0.25, 0.3) is 0 Å². The molecule has 6 aromatic carbocycles. The Balaban J connectivity index is 0.958. The molecule has 20 nitrogen and oxygen atoms in total. The number of rotatable bonds is 16. The molecule has 67 heavy (non-hydrogen) atoms. The van der Waals surface area contributed by atoms with E-state index >= 15 is 0 Å². The van der Waals surface area contributed by atoms with Crippen molar-refractivity contribution in [2.75, 3.05) is 24.7 Å². The molecule has 8 aromatic rings. The minimum atomic E-state index is -4.10. The van der Waals surface area contributed by atoms with Crippen LogP contribution in [0.1, 0.15) is 0 Å². The quantitative estimate of drug-likeness (QED) is 0.0743. The molecule has 0 saturated carbocycles. The molecule has 0 aliphatic carbocycles. The van der Waals surface area contributed by atoms with Gasteiger partial charge in [-0.15, -0.1) is 9.97 Å². The average molecular weight is 963 g/mol. The third-order valence-electron chi connectivity index (χ3n) is 9.30. The first-order chi connectivity index (χ1) is 32.1. The zero-order valence-electron chi connectivity index (χ0n) is 34.7. The Hall–Kier alpha value is -8.41. The number of sulfone groups is 3. The second kappa shape index (κ2) is 18.6. The Morgan fingerprint density at radius 3 is 1.01 bits per heavy atom. The third-order valence-corrected chi connectivity index (χ3v) is 14.7. The monoisotopic (exact) mass is 962 g/mol. The molecular weight excluding hydrogens is 929 g/mol. The van der Waals surface area contributed by atoms with E-state index in [1.54, 1.807) is 12.1 Å². The molecule has 340 valence electrons. The number of phenolic OH excluding ortho intramolecular Hbond substituents is 2. The van der Waals surface area contributed by atoms with Crippen molar-refractivity contribution in [3.05, 3.63) is 146 Å². The lowest BCUT2D eigenvalue weighted by Crippen LogP contribution is -2.07. The second-order valence-corrected chi connectivity index (χ2v) is 19.5. The topological polar surface area (TPSA) is 281 Å². The van der Waals surface area contributed by atoms with Gasteiger partial charge >= 0.3 is 24.0 Å². The van der Waals surface area contributed by atoms with E-state index in [0.717, 1.165) is 0 Å². The van der Waals surface area contributed by atoms with Crippen molar-refractivity contribution in [1.29, 1.82) is 0 Å². The fraction of sp³-hybridized carbons (Fsp3) is 0.0455. The van der Waals surface area contributed by atoms with E-state index in [1.165, 1.54) is 148 Å². The van der Waals surface area contributed by atoms with Crippen LogP contribution >= 0.6 is 0 Å². The molecule has 0 aliphatic rings. The Bertz CT molecular complexity index is 3220. The predicted molar refractivity (Wildman–Crippen MR) is 237 cm³/mol. The van der Waals surface area contributed by atoms with Gasteiger partial charge in [0.05, 0.1) is 19.6 Å². The van der Waals surface area contributed by atoms with Gasteiger partial charge in [-0.3, -0.25) is 0 Å². The number of benzene rings is 6. The fourth-order valence-electron chi connectivity index (χ4n) is 6.02. The summed E-state index contributed by atoms with van der Waals surface area (Å²) in [5.41, 5.74) is 0. The molecule has 0 bridgehead atoms. The first-order valence-electron chi connectivity index (χ1n) is 19.4. The first kappa shape index (κ1) is 45.2. The van der Waals surface area contributed by atoms with Crippen molar-refractivity contribution >= 4 is 41.4 Å². The molecular formula is C44H34N8O12S3. The van der Waals surface area contributed by atoms with Crippen LogP contribution in [0.2, 0.25) is 0 Å². The number of anilines is 2. The van der Waals surface area contributed by atoms with Gasteiger partial charge in [0.1, 0.15) is 44.3 Å². The summed E-state index contributed by atoms with van der Waals surface area (Å²) in [5, 5.41) is 24.8. The summed E-state index contributed by atoms with van der Waals surface area (Å²) in [6, 6.07) is 31.4. The molecule has 4 N–H and O–H groups in total. The molecule has 2 aromatic heterocycles. The van der Waals surface area contributed by atoms with E-state index in [9.17, 15) is 35.5 Å². The standard InChI is InChI=1S/C44H34N8O12S3/c1-45-39-47-41(51-43(49-39)63-35-7-3-5-9-37(35)66(57,58)33-19-11-27(53)12-20-33)61-29-15-23-31(24-16-29)65(55,56)32-25-17-30(18-26-32)62-42-48-40(46-2)50-44(52-42)64-36-8-4-6-10-38(36)67(59,60)34-21-13-28(54)14-22-34/h3-26,53-54H,1-2H3,(H,45,47,49,51)(H,46,48,50,52). The molecule has 0 spiro atoms. The number of nitrogens with zero attached hydrogens (tertiary/aromatic N) is 6. The minimum Gasteiger partial charge on any atom is -0.508 e. The molecule has 0 unspecified atom stereocenters. The molecule has 0 atom stereocenters. The van der Waals surface area contributed by atoms with E-state index in [1.807, 2.05) is 0 Å². The molecule has 8 rings (SSSR count). The highest BCUT2D eigenvalue weighted by atomic mass is 32.2. The van der Waals surface area contributed by atoms with Gasteiger partial charge in [-0.05, 0) is 121 Å². The largest absolute Gasteiger partial charge is 0.508 e. The lowest BCUT2D eigenvalue weighted by molar-refractivity contribution is 0.392. The van der Waals surface area contributed by atoms with Crippen molar-refractivity contribution in [3.63, 3.8) is 0 Å².